The van der Waals surface area contributed by atoms with Crippen molar-refractivity contribution in [3.63, 3.8) is 0 Å². The van der Waals surface area contributed by atoms with Gasteiger partial charge in [-0.25, -0.2) is 0 Å². The molecule has 0 atom stereocenters. The molecule has 0 aromatic carbocycles. The van der Waals surface area contributed by atoms with Crippen molar-refractivity contribution in [1.29, 1.82) is 0 Å². The minimum absolute atomic E-state index is 0.180. The number of hydrogen-bond acceptors (Lipinski definition) is 0. The van der Waals surface area contributed by atoms with Gasteiger partial charge in [-0.15, -0.1) is 0 Å². The summed E-state index contributed by atoms with van der Waals surface area (Å²) in [5.74, 6) is -3.91. The van der Waals surface area contributed by atoms with Crippen molar-refractivity contribution in [2.24, 2.45) is 0 Å². The van der Waals surface area contributed by atoms with Gasteiger partial charge in [0.15, 0.2) is 0 Å². The lowest BCUT2D eigenvalue weighted by molar-refractivity contribution is -0.125. The van der Waals surface area contributed by atoms with E-state index in [0.29, 0.717) is 22.6 Å². The fourth-order valence-corrected chi connectivity index (χ4v) is 0. The van der Waals surface area contributed by atoms with Gasteiger partial charge in [0.2, 0.25) is 0 Å². The highest BCUT2D eigenvalue weighted by molar-refractivity contribution is 14.1. The van der Waals surface area contributed by atoms with Crippen LogP contribution in [0.2, 0.25) is 0 Å². The van der Waals surface area contributed by atoms with E-state index < -0.39 is 9.85 Å². The summed E-state index contributed by atoms with van der Waals surface area (Å²) in [4.78, 5) is 0. The van der Waals surface area contributed by atoms with Crippen LogP contribution in [0.25, 0.3) is 0 Å². The highest BCUT2D eigenvalue weighted by atomic mass is 127. The first kappa shape index (κ1) is 8.45. The Hall–Kier alpha value is 0.450. The molecular weight excluding hydrogens is 239 g/mol. The third-order valence-electron chi connectivity index (χ3n) is 0.498. The zero-order chi connectivity index (χ0) is 7.00. The van der Waals surface area contributed by atoms with Crippen LogP contribution in [0.15, 0.2) is 0 Å². The van der Waals surface area contributed by atoms with E-state index in [1.165, 1.54) is 0 Å². The van der Waals surface area contributed by atoms with Crippen molar-refractivity contribution in [3.05, 3.63) is 0 Å². The van der Waals surface area contributed by atoms with E-state index in [9.17, 15) is 17.6 Å². The van der Waals surface area contributed by atoms with Crippen LogP contribution < -0.4 is 0 Å². The lowest BCUT2D eigenvalue weighted by Gasteiger charge is -2.15. The average Bonchev–Trinajstić information content (AvgIpc) is 1.25. The van der Waals surface area contributed by atoms with E-state index in [-0.39, 0.29) is 6.92 Å². The third kappa shape index (κ3) is 2.15. The molecule has 8 heavy (non-hydrogen) atoms. The summed E-state index contributed by atoms with van der Waals surface area (Å²) in [6.45, 7) is 0.180. The first-order chi connectivity index (χ1) is 3.25. The summed E-state index contributed by atoms with van der Waals surface area (Å²) in [5, 5.41) is 0. The molecule has 0 aliphatic rings. The molecule has 0 amide bonds. The zero-order valence-electron chi connectivity index (χ0n) is 3.89. The predicted molar refractivity (Wildman–Crippen MR) is 29.6 cm³/mol. The second-order valence-electron chi connectivity index (χ2n) is 1.39. The van der Waals surface area contributed by atoms with Crippen LogP contribution in [0.4, 0.5) is 17.6 Å². The van der Waals surface area contributed by atoms with Crippen LogP contribution in [-0.4, -0.2) is 9.85 Å². The molecule has 0 heterocycles. The first-order valence-electron chi connectivity index (χ1n) is 1.69. The summed E-state index contributed by atoms with van der Waals surface area (Å²) in [6, 6.07) is 0. The van der Waals surface area contributed by atoms with Crippen molar-refractivity contribution in [1.82, 2.24) is 0 Å². The Labute approximate surface area is 57.4 Å². The highest BCUT2D eigenvalue weighted by Gasteiger charge is 2.49. The molecule has 0 unspecified atom stereocenters. The fourth-order valence-electron chi connectivity index (χ4n) is 0. The Morgan fingerprint density at radius 3 is 1.25 bits per heavy atom. The topological polar surface area (TPSA) is 0 Å². The van der Waals surface area contributed by atoms with Crippen LogP contribution in [0.5, 0.6) is 0 Å². The van der Waals surface area contributed by atoms with E-state index in [2.05, 4.69) is 0 Å². The van der Waals surface area contributed by atoms with Crippen molar-refractivity contribution < 1.29 is 17.6 Å². The molecule has 0 radical (unpaired) electrons. The van der Waals surface area contributed by atoms with Gasteiger partial charge in [-0.3, -0.25) is 0 Å². The lowest BCUT2D eigenvalue weighted by Crippen LogP contribution is -2.30. The lowest BCUT2D eigenvalue weighted by atomic mass is 10.4. The van der Waals surface area contributed by atoms with Gasteiger partial charge in [0.05, 0.1) is 0 Å². The molecule has 0 aliphatic carbocycles. The molecular formula is C3H3F4I. The van der Waals surface area contributed by atoms with Gasteiger partial charge in [0, 0.05) is 29.5 Å². The van der Waals surface area contributed by atoms with Crippen LogP contribution in [-0.2, 0) is 0 Å². The Morgan fingerprint density at radius 1 is 1.12 bits per heavy atom. The maximum absolute atomic E-state index is 11.5. The zero-order valence-corrected chi connectivity index (χ0v) is 6.05. The molecule has 0 aromatic heterocycles. The quantitative estimate of drug-likeness (QED) is 0.376. The summed E-state index contributed by atoms with van der Waals surface area (Å²) >= 11 is 0.400. The summed E-state index contributed by atoms with van der Waals surface area (Å²) in [6.07, 6.45) is 0. The van der Waals surface area contributed by atoms with Crippen LogP contribution in [0, 0.1) is 0 Å². The summed E-state index contributed by atoms with van der Waals surface area (Å²) in [7, 11) is 0. The van der Waals surface area contributed by atoms with Crippen LogP contribution in [0.3, 0.4) is 0 Å². The Morgan fingerprint density at radius 2 is 1.25 bits per heavy atom. The molecule has 0 bridgehead atoms. The number of rotatable bonds is 1. The number of halogens is 5. The SMILES string of the molecule is CC(F)(F)C(F)(F)I. The molecule has 0 aromatic rings. The van der Waals surface area contributed by atoms with E-state index in [1.807, 2.05) is 0 Å². The van der Waals surface area contributed by atoms with Crippen molar-refractivity contribution in [3.8, 4) is 0 Å². The fraction of sp³-hybridized carbons (Fsp3) is 1.00. The van der Waals surface area contributed by atoms with Crippen LogP contribution >= 0.6 is 22.6 Å². The van der Waals surface area contributed by atoms with Gasteiger partial charge in [0.1, 0.15) is 0 Å². The van der Waals surface area contributed by atoms with Gasteiger partial charge in [-0.05, 0) is 0 Å². The largest absolute Gasteiger partial charge is 0.357 e. The minimum Gasteiger partial charge on any atom is -0.199 e. The maximum Gasteiger partial charge on any atom is 0.357 e. The normalized spacial score (nSPS) is 14.2. The van der Waals surface area contributed by atoms with Gasteiger partial charge in [-0.1, -0.05) is 0 Å². The van der Waals surface area contributed by atoms with Crippen molar-refractivity contribution >= 4 is 22.6 Å². The molecule has 0 N–H and O–H groups in total. The predicted octanol–water partition coefficient (Wildman–Crippen LogP) is 2.67. The first-order valence-corrected chi connectivity index (χ1v) is 2.77. The Bertz CT molecular complexity index is 66.3. The van der Waals surface area contributed by atoms with Crippen LogP contribution in [0.1, 0.15) is 6.92 Å². The molecule has 0 spiro atoms. The molecule has 5 heteroatoms. The van der Waals surface area contributed by atoms with Gasteiger partial charge >= 0.3 is 9.85 Å². The average molecular weight is 242 g/mol. The van der Waals surface area contributed by atoms with E-state index in [4.69, 9.17) is 0 Å². The smallest absolute Gasteiger partial charge is 0.199 e. The van der Waals surface area contributed by atoms with Crippen molar-refractivity contribution in [2.45, 2.75) is 16.8 Å². The second kappa shape index (κ2) is 2.00. The van der Waals surface area contributed by atoms with Gasteiger partial charge in [0.25, 0.3) is 0 Å². The molecule has 0 nitrogen and oxygen atoms in total. The summed E-state index contributed by atoms with van der Waals surface area (Å²) in [5.41, 5.74) is 0. The second-order valence-corrected chi connectivity index (χ2v) is 2.74. The van der Waals surface area contributed by atoms with E-state index >= 15 is 0 Å². The van der Waals surface area contributed by atoms with Gasteiger partial charge in [-0.2, -0.15) is 17.6 Å². The van der Waals surface area contributed by atoms with E-state index in [1.54, 1.807) is 0 Å². The molecule has 50 valence electrons. The standard InChI is InChI=1S/C3H3F4I/c1-2(4,5)3(6,7)8/h1H3. The molecule has 0 saturated heterocycles. The van der Waals surface area contributed by atoms with Crippen molar-refractivity contribution in [2.75, 3.05) is 0 Å². The molecule has 0 saturated carbocycles. The minimum atomic E-state index is -3.93. The monoisotopic (exact) mass is 242 g/mol. The Kier molecular flexibility index (Phi) is 2.11. The molecule has 0 aliphatic heterocycles. The third-order valence-corrected chi connectivity index (χ3v) is 1.44. The Balaban J connectivity index is 4.02. The van der Waals surface area contributed by atoms with E-state index in [0.717, 1.165) is 0 Å². The highest BCUT2D eigenvalue weighted by Crippen LogP contribution is 2.38. The summed E-state index contributed by atoms with van der Waals surface area (Å²) < 4.78 is 41.9. The molecule has 0 rings (SSSR count). The molecule has 0 fully saturated rings. The number of alkyl halides is 5. The van der Waals surface area contributed by atoms with Gasteiger partial charge < -0.3 is 0 Å². The number of hydrogen-bond donors (Lipinski definition) is 0. The maximum atomic E-state index is 11.5.